The van der Waals surface area contributed by atoms with Gasteiger partial charge in [-0.1, -0.05) is 12.1 Å². The van der Waals surface area contributed by atoms with E-state index in [0.29, 0.717) is 0 Å². The minimum atomic E-state index is -0.720. The Labute approximate surface area is 85.5 Å². The van der Waals surface area contributed by atoms with Gasteiger partial charge in [0.15, 0.2) is 11.6 Å². The molecule has 0 fully saturated rings. The molecule has 0 bridgehead atoms. The van der Waals surface area contributed by atoms with Gasteiger partial charge in [0, 0.05) is 12.1 Å². The number of hydrogen-bond donors (Lipinski definition) is 2. The maximum absolute atomic E-state index is 13.1. The highest BCUT2D eigenvalue weighted by Crippen LogP contribution is 2.18. The molecule has 0 aliphatic heterocycles. The van der Waals surface area contributed by atoms with Crippen molar-refractivity contribution in [3.63, 3.8) is 0 Å². The molecule has 1 amide bonds. The van der Waals surface area contributed by atoms with Crippen molar-refractivity contribution < 1.29 is 14.3 Å². The second kappa shape index (κ2) is 4.81. The van der Waals surface area contributed by atoms with E-state index in [4.69, 9.17) is 16.7 Å². The van der Waals surface area contributed by atoms with Crippen molar-refractivity contribution in [3.05, 3.63) is 29.6 Å². The fraction of sp³-hybridized carbons (Fsp3) is 0.222. The van der Waals surface area contributed by atoms with Crippen molar-refractivity contribution in [2.45, 2.75) is 6.54 Å². The Bertz CT molecular complexity index is 344. The van der Waals surface area contributed by atoms with Crippen molar-refractivity contribution in [2.24, 2.45) is 0 Å². The van der Waals surface area contributed by atoms with Crippen molar-refractivity contribution in [1.82, 2.24) is 5.32 Å². The number of phenols is 1. The number of amides is 1. The molecule has 76 valence electrons. The highest BCUT2D eigenvalue weighted by molar-refractivity contribution is 6.27. The summed E-state index contributed by atoms with van der Waals surface area (Å²) in [5, 5.41) is 11.4. The fourth-order valence-electron chi connectivity index (χ4n) is 0.944. The van der Waals surface area contributed by atoms with Crippen LogP contribution in [-0.4, -0.2) is 16.9 Å². The molecule has 0 saturated carbocycles. The van der Waals surface area contributed by atoms with E-state index < -0.39 is 11.6 Å². The molecule has 0 heterocycles. The van der Waals surface area contributed by atoms with E-state index in [1.807, 2.05) is 0 Å². The smallest absolute Gasteiger partial charge is 0.235 e. The maximum Gasteiger partial charge on any atom is 0.235 e. The summed E-state index contributed by atoms with van der Waals surface area (Å²) in [5.41, 5.74) is 0.225. The van der Waals surface area contributed by atoms with Gasteiger partial charge >= 0.3 is 0 Å². The highest BCUT2D eigenvalue weighted by Gasteiger charge is 2.07. The monoisotopic (exact) mass is 217 g/mol. The zero-order valence-corrected chi connectivity index (χ0v) is 8.01. The standard InChI is InChI=1S/C9H9ClFNO2/c10-4-8(14)12-5-6-2-1-3-7(13)9(6)11/h1-3,13H,4-5H2,(H,12,14). The van der Waals surface area contributed by atoms with Crippen LogP contribution in [0.3, 0.4) is 0 Å². The minimum Gasteiger partial charge on any atom is -0.505 e. The molecule has 0 atom stereocenters. The van der Waals surface area contributed by atoms with E-state index in [1.165, 1.54) is 18.2 Å². The normalized spacial score (nSPS) is 9.86. The molecule has 1 aromatic rings. The third kappa shape index (κ3) is 2.60. The van der Waals surface area contributed by atoms with Gasteiger partial charge in [-0.25, -0.2) is 4.39 Å². The molecule has 0 unspecified atom stereocenters. The van der Waals surface area contributed by atoms with Crippen LogP contribution in [0.4, 0.5) is 4.39 Å². The van der Waals surface area contributed by atoms with Crippen LogP contribution in [-0.2, 0) is 11.3 Å². The first-order valence-electron chi connectivity index (χ1n) is 3.94. The summed E-state index contributed by atoms with van der Waals surface area (Å²) in [6.07, 6.45) is 0. The first kappa shape index (κ1) is 10.8. The van der Waals surface area contributed by atoms with Gasteiger partial charge in [0.1, 0.15) is 5.88 Å². The zero-order chi connectivity index (χ0) is 10.6. The number of rotatable bonds is 3. The van der Waals surface area contributed by atoms with Crippen molar-refractivity contribution in [3.8, 4) is 5.75 Å². The average molecular weight is 218 g/mol. The van der Waals surface area contributed by atoms with Crippen molar-refractivity contribution in [2.75, 3.05) is 5.88 Å². The molecule has 0 radical (unpaired) electrons. The summed E-state index contributed by atoms with van der Waals surface area (Å²) in [4.78, 5) is 10.8. The molecule has 1 rings (SSSR count). The van der Waals surface area contributed by atoms with Gasteiger partial charge < -0.3 is 10.4 Å². The van der Waals surface area contributed by atoms with Crippen LogP contribution in [0, 0.1) is 5.82 Å². The summed E-state index contributed by atoms with van der Waals surface area (Å²) < 4.78 is 13.1. The number of aromatic hydroxyl groups is 1. The summed E-state index contributed by atoms with van der Waals surface area (Å²) in [6.45, 7) is 0.0196. The largest absolute Gasteiger partial charge is 0.505 e. The van der Waals surface area contributed by atoms with Crippen LogP contribution in [0.25, 0.3) is 0 Å². The quantitative estimate of drug-likeness (QED) is 0.752. The predicted molar refractivity (Wildman–Crippen MR) is 50.6 cm³/mol. The molecular weight excluding hydrogens is 209 g/mol. The van der Waals surface area contributed by atoms with E-state index in [-0.39, 0.29) is 23.9 Å². The van der Waals surface area contributed by atoms with E-state index >= 15 is 0 Å². The number of alkyl halides is 1. The summed E-state index contributed by atoms with van der Waals surface area (Å²) in [5.74, 6) is -1.69. The van der Waals surface area contributed by atoms with Crippen LogP contribution in [0.2, 0.25) is 0 Å². The van der Waals surface area contributed by atoms with E-state index in [9.17, 15) is 9.18 Å². The van der Waals surface area contributed by atoms with Gasteiger partial charge in [0.05, 0.1) is 0 Å². The Hall–Kier alpha value is -1.29. The number of carbonyl (C=O) groups is 1. The van der Waals surface area contributed by atoms with Crippen molar-refractivity contribution in [1.29, 1.82) is 0 Å². The van der Waals surface area contributed by atoms with Crippen molar-refractivity contribution >= 4 is 17.5 Å². The summed E-state index contributed by atoms with van der Waals surface area (Å²) in [6, 6.07) is 4.21. The van der Waals surface area contributed by atoms with Gasteiger partial charge in [0.25, 0.3) is 0 Å². The summed E-state index contributed by atoms with van der Waals surface area (Å²) >= 11 is 5.23. The number of phenolic OH excluding ortho intramolecular Hbond substituents is 1. The van der Waals surface area contributed by atoms with Gasteiger partial charge in [-0.2, -0.15) is 0 Å². The minimum absolute atomic E-state index is 0.0196. The molecular formula is C9H9ClFNO2. The molecule has 0 spiro atoms. The number of benzene rings is 1. The molecule has 0 saturated heterocycles. The number of carbonyl (C=O) groups excluding carboxylic acids is 1. The Morgan fingerprint density at radius 3 is 2.93 bits per heavy atom. The van der Waals surface area contributed by atoms with Crippen LogP contribution in [0.1, 0.15) is 5.56 Å². The fourth-order valence-corrected chi connectivity index (χ4v) is 1.04. The second-order valence-electron chi connectivity index (χ2n) is 2.66. The van der Waals surface area contributed by atoms with Gasteiger partial charge in [-0.05, 0) is 6.07 Å². The number of hydrogen-bond acceptors (Lipinski definition) is 2. The van der Waals surface area contributed by atoms with E-state index in [0.717, 1.165) is 0 Å². The Morgan fingerprint density at radius 2 is 2.29 bits per heavy atom. The molecule has 1 aromatic carbocycles. The molecule has 0 aromatic heterocycles. The average Bonchev–Trinajstić information content (AvgIpc) is 2.20. The van der Waals surface area contributed by atoms with Crippen LogP contribution in [0.15, 0.2) is 18.2 Å². The first-order valence-corrected chi connectivity index (χ1v) is 4.47. The highest BCUT2D eigenvalue weighted by atomic mass is 35.5. The lowest BCUT2D eigenvalue weighted by atomic mass is 10.2. The Balaban J connectivity index is 2.68. The molecule has 0 aliphatic carbocycles. The molecule has 5 heteroatoms. The third-order valence-corrected chi connectivity index (χ3v) is 1.90. The zero-order valence-electron chi connectivity index (χ0n) is 7.26. The molecule has 14 heavy (non-hydrogen) atoms. The van der Waals surface area contributed by atoms with Crippen LogP contribution in [0.5, 0.6) is 5.75 Å². The molecule has 3 nitrogen and oxygen atoms in total. The van der Waals surface area contributed by atoms with Crippen LogP contribution < -0.4 is 5.32 Å². The maximum atomic E-state index is 13.1. The van der Waals surface area contributed by atoms with Gasteiger partial charge in [-0.15, -0.1) is 11.6 Å². The van der Waals surface area contributed by atoms with Gasteiger partial charge in [0.2, 0.25) is 5.91 Å². The van der Waals surface area contributed by atoms with E-state index in [2.05, 4.69) is 5.32 Å². The lowest BCUT2D eigenvalue weighted by Gasteiger charge is -2.05. The number of halogens is 2. The Morgan fingerprint density at radius 1 is 1.57 bits per heavy atom. The molecule has 0 aliphatic rings. The topological polar surface area (TPSA) is 49.3 Å². The SMILES string of the molecule is O=C(CCl)NCc1cccc(O)c1F. The Kier molecular flexibility index (Phi) is 3.71. The predicted octanol–water partition coefficient (Wildman–Crippen LogP) is 1.39. The van der Waals surface area contributed by atoms with E-state index in [1.54, 1.807) is 0 Å². The van der Waals surface area contributed by atoms with Crippen LogP contribution >= 0.6 is 11.6 Å². The number of nitrogens with one attached hydrogen (secondary N) is 1. The van der Waals surface area contributed by atoms with Gasteiger partial charge in [-0.3, -0.25) is 4.79 Å². The third-order valence-electron chi connectivity index (χ3n) is 1.66. The molecule has 2 N–H and O–H groups in total. The lowest BCUT2D eigenvalue weighted by molar-refractivity contribution is -0.118. The lowest BCUT2D eigenvalue weighted by Crippen LogP contribution is -2.24. The first-order chi connectivity index (χ1) is 6.65. The second-order valence-corrected chi connectivity index (χ2v) is 2.93. The summed E-state index contributed by atoms with van der Waals surface area (Å²) in [7, 11) is 0.